The lowest BCUT2D eigenvalue weighted by molar-refractivity contribution is 0.101. The van der Waals surface area contributed by atoms with E-state index >= 15 is 0 Å². The molecule has 1 nitrogen and oxygen atoms in total. The lowest BCUT2D eigenvalue weighted by Gasteiger charge is -2.07. The smallest absolute Gasteiger partial charge is 0.160 e. The number of Topliss-reactive ketones (excluding diaryl/α,β-unsaturated/α-hetero) is 1. The van der Waals surface area contributed by atoms with Crippen LogP contribution < -0.4 is 0 Å². The maximum absolute atomic E-state index is 13.3. The SMILES string of the molecule is CC(=O)c1ccccc1-c1cc(F)cc(Cl)c1. The van der Waals surface area contributed by atoms with E-state index in [1.807, 2.05) is 0 Å². The van der Waals surface area contributed by atoms with E-state index in [2.05, 4.69) is 0 Å². The average Bonchev–Trinajstić information content (AvgIpc) is 2.27. The van der Waals surface area contributed by atoms with E-state index in [0.29, 0.717) is 21.7 Å². The molecule has 0 heterocycles. The molecule has 0 amide bonds. The van der Waals surface area contributed by atoms with Crippen LogP contribution in [0.4, 0.5) is 4.39 Å². The Morgan fingerprint density at radius 3 is 2.53 bits per heavy atom. The van der Waals surface area contributed by atoms with Crippen LogP contribution in [-0.2, 0) is 0 Å². The number of hydrogen-bond donors (Lipinski definition) is 0. The first-order valence-electron chi connectivity index (χ1n) is 5.14. The van der Waals surface area contributed by atoms with Gasteiger partial charge >= 0.3 is 0 Å². The summed E-state index contributed by atoms with van der Waals surface area (Å²) in [7, 11) is 0. The van der Waals surface area contributed by atoms with Crippen LogP contribution in [0.15, 0.2) is 42.5 Å². The van der Waals surface area contributed by atoms with Crippen molar-refractivity contribution < 1.29 is 9.18 Å². The van der Waals surface area contributed by atoms with Gasteiger partial charge in [0.2, 0.25) is 0 Å². The first kappa shape index (κ1) is 11.8. The van der Waals surface area contributed by atoms with Crippen LogP contribution in [0.25, 0.3) is 11.1 Å². The molecule has 0 bridgehead atoms. The molecule has 0 saturated heterocycles. The summed E-state index contributed by atoms with van der Waals surface area (Å²) in [5.41, 5.74) is 1.87. The molecule has 17 heavy (non-hydrogen) atoms. The summed E-state index contributed by atoms with van der Waals surface area (Å²) in [6.45, 7) is 1.49. The van der Waals surface area contributed by atoms with Crippen LogP contribution in [0.1, 0.15) is 17.3 Å². The third kappa shape index (κ3) is 2.53. The second-order valence-electron chi connectivity index (χ2n) is 3.76. The van der Waals surface area contributed by atoms with E-state index in [9.17, 15) is 9.18 Å². The maximum Gasteiger partial charge on any atom is 0.160 e. The topological polar surface area (TPSA) is 17.1 Å². The van der Waals surface area contributed by atoms with Crippen molar-refractivity contribution in [1.29, 1.82) is 0 Å². The van der Waals surface area contributed by atoms with Gasteiger partial charge in [-0.25, -0.2) is 4.39 Å². The molecule has 0 radical (unpaired) electrons. The molecule has 0 spiro atoms. The molecule has 0 aromatic heterocycles. The summed E-state index contributed by atoms with van der Waals surface area (Å²) in [6.07, 6.45) is 0. The zero-order chi connectivity index (χ0) is 12.4. The highest BCUT2D eigenvalue weighted by atomic mass is 35.5. The van der Waals surface area contributed by atoms with Crippen molar-refractivity contribution in [2.24, 2.45) is 0 Å². The number of carbonyl (C=O) groups excluding carboxylic acids is 1. The largest absolute Gasteiger partial charge is 0.294 e. The molecule has 0 aliphatic rings. The predicted molar refractivity (Wildman–Crippen MR) is 66.9 cm³/mol. The Morgan fingerprint density at radius 2 is 1.88 bits per heavy atom. The molecule has 0 fully saturated rings. The van der Waals surface area contributed by atoms with Crippen LogP contribution in [0.2, 0.25) is 5.02 Å². The fraction of sp³-hybridized carbons (Fsp3) is 0.0714. The number of benzene rings is 2. The van der Waals surface area contributed by atoms with E-state index < -0.39 is 5.82 Å². The molecule has 2 aromatic rings. The van der Waals surface area contributed by atoms with Crippen LogP contribution in [0.3, 0.4) is 0 Å². The van der Waals surface area contributed by atoms with Crippen molar-refractivity contribution >= 4 is 17.4 Å². The fourth-order valence-electron chi connectivity index (χ4n) is 1.75. The normalized spacial score (nSPS) is 10.3. The molecular weight excluding hydrogens is 239 g/mol. The van der Waals surface area contributed by atoms with Gasteiger partial charge in [-0.15, -0.1) is 0 Å². The summed E-state index contributed by atoms with van der Waals surface area (Å²) in [5, 5.41) is 0.318. The quantitative estimate of drug-likeness (QED) is 0.722. The molecule has 86 valence electrons. The Bertz CT molecular complexity index is 558. The van der Waals surface area contributed by atoms with Crippen molar-refractivity contribution in [3.63, 3.8) is 0 Å². The number of carbonyl (C=O) groups is 1. The van der Waals surface area contributed by atoms with Crippen molar-refractivity contribution in [1.82, 2.24) is 0 Å². The van der Waals surface area contributed by atoms with Gasteiger partial charge in [-0.05, 0) is 36.2 Å². The molecule has 3 heteroatoms. The summed E-state index contributed by atoms with van der Waals surface area (Å²) in [6, 6.07) is 11.3. The van der Waals surface area contributed by atoms with E-state index in [1.54, 1.807) is 30.3 Å². The Hall–Kier alpha value is -1.67. The first-order valence-corrected chi connectivity index (χ1v) is 5.52. The molecule has 2 aromatic carbocycles. The van der Waals surface area contributed by atoms with Gasteiger partial charge in [0.25, 0.3) is 0 Å². The Morgan fingerprint density at radius 1 is 1.18 bits per heavy atom. The second kappa shape index (κ2) is 4.68. The number of rotatable bonds is 2. The maximum atomic E-state index is 13.3. The highest BCUT2D eigenvalue weighted by Crippen LogP contribution is 2.27. The molecule has 0 aliphatic heterocycles. The third-order valence-corrected chi connectivity index (χ3v) is 2.70. The summed E-state index contributed by atoms with van der Waals surface area (Å²) < 4.78 is 13.3. The second-order valence-corrected chi connectivity index (χ2v) is 4.20. The molecule has 0 atom stereocenters. The zero-order valence-corrected chi connectivity index (χ0v) is 9.96. The Balaban J connectivity index is 2.64. The van der Waals surface area contributed by atoms with E-state index in [1.165, 1.54) is 19.1 Å². The standard InChI is InChI=1S/C14H10ClFO/c1-9(17)13-4-2-3-5-14(13)10-6-11(15)8-12(16)7-10/h2-8H,1H3. The number of halogens is 2. The fourth-order valence-corrected chi connectivity index (χ4v) is 1.97. The Labute approximate surface area is 104 Å². The van der Waals surface area contributed by atoms with Crippen LogP contribution in [-0.4, -0.2) is 5.78 Å². The third-order valence-electron chi connectivity index (χ3n) is 2.48. The lowest BCUT2D eigenvalue weighted by Crippen LogP contribution is -1.95. The van der Waals surface area contributed by atoms with Crippen molar-refractivity contribution in [2.45, 2.75) is 6.92 Å². The van der Waals surface area contributed by atoms with Gasteiger partial charge < -0.3 is 0 Å². The molecular formula is C14H10ClFO. The molecule has 0 aliphatic carbocycles. The number of ketones is 1. The van der Waals surface area contributed by atoms with E-state index in [-0.39, 0.29) is 5.78 Å². The molecule has 0 unspecified atom stereocenters. The van der Waals surface area contributed by atoms with Gasteiger partial charge in [0.15, 0.2) is 5.78 Å². The van der Waals surface area contributed by atoms with E-state index in [4.69, 9.17) is 11.6 Å². The summed E-state index contributed by atoms with van der Waals surface area (Å²) in [5.74, 6) is -0.466. The van der Waals surface area contributed by atoms with Crippen LogP contribution in [0, 0.1) is 5.82 Å². The van der Waals surface area contributed by atoms with Gasteiger partial charge in [0.05, 0.1) is 0 Å². The van der Waals surface area contributed by atoms with Gasteiger partial charge in [0, 0.05) is 10.6 Å². The van der Waals surface area contributed by atoms with Crippen molar-refractivity contribution in [3.8, 4) is 11.1 Å². The predicted octanol–water partition coefficient (Wildman–Crippen LogP) is 4.35. The zero-order valence-electron chi connectivity index (χ0n) is 9.21. The van der Waals surface area contributed by atoms with Crippen molar-refractivity contribution in [2.75, 3.05) is 0 Å². The van der Waals surface area contributed by atoms with Gasteiger partial charge in [-0.3, -0.25) is 4.79 Å². The van der Waals surface area contributed by atoms with Crippen molar-refractivity contribution in [3.05, 3.63) is 58.9 Å². The summed E-state index contributed by atoms with van der Waals surface area (Å²) in [4.78, 5) is 11.5. The van der Waals surface area contributed by atoms with Gasteiger partial charge in [0.1, 0.15) is 5.82 Å². The summed E-state index contributed by atoms with van der Waals surface area (Å²) >= 11 is 5.81. The van der Waals surface area contributed by atoms with Gasteiger partial charge in [-0.2, -0.15) is 0 Å². The minimum Gasteiger partial charge on any atom is -0.294 e. The van der Waals surface area contributed by atoms with E-state index in [0.717, 1.165) is 0 Å². The van der Waals surface area contributed by atoms with Gasteiger partial charge in [-0.1, -0.05) is 35.9 Å². The molecule has 2 rings (SSSR count). The molecule has 0 N–H and O–H groups in total. The molecule has 0 saturated carbocycles. The lowest BCUT2D eigenvalue weighted by atomic mass is 9.97. The highest BCUT2D eigenvalue weighted by molar-refractivity contribution is 6.30. The first-order chi connectivity index (χ1) is 8.08. The average molecular weight is 249 g/mol. The highest BCUT2D eigenvalue weighted by Gasteiger charge is 2.09. The monoisotopic (exact) mass is 248 g/mol. The Kier molecular flexibility index (Phi) is 3.25. The minimum absolute atomic E-state index is 0.0546. The van der Waals surface area contributed by atoms with Crippen LogP contribution in [0.5, 0.6) is 0 Å². The van der Waals surface area contributed by atoms with Crippen LogP contribution >= 0.6 is 11.6 Å². The number of hydrogen-bond acceptors (Lipinski definition) is 1. The minimum atomic E-state index is -0.411.